The number of ketones is 1. The van der Waals surface area contributed by atoms with Crippen molar-refractivity contribution in [3.05, 3.63) is 119 Å². The summed E-state index contributed by atoms with van der Waals surface area (Å²) >= 11 is 0. The largest absolute Gasteiger partial charge is 0.507 e. The number of rotatable bonds is 3. The van der Waals surface area contributed by atoms with E-state index in [0.717, 1.165) is 22.4 Å². The van der Waals surface area contributed by atoms with E-state index in [4.69, 9.17) is 0 Å². The molecule has 1 N–H and O–H groups in total. The number of fused-ring (bicyclic) bond motifs is 1. The van der Waals surface area contributed by atoms with Crippen LogP contribution < -0.4 is 4.90 Å². The van der Waals surface area contributed by atoms with Crippen LogP contribution in [0.2, 0.25) is 0 Å². The molecule has 162 valence electrons. The van der Waals surface area contributed by atoms with Gasteiger partial charge < -0.3 is 5.11 Å². The number of carbonyl (C=O) groups excluding carboxylic acids is 2. The smallest absolute Gasteiger partial charge is 0.300 e. The fourth-order valence-electron chi connectivity index (χ4n) is 4.26. The molecule has 1 amide bonds. The van der Waals surface area contributed by atoms with E-state index in [1.807, 2.05) is 30.3 Å². The van der Waals surface area contributed by atoms with Gasteiger partial charge in [0.05, 0.1) is 11.6 Å². The maximum atomic E-state index is 14.0. The second-order valence-electron chi connectivity index (χ2n) is 7.70. The molecule has 1 fully saturated rings. The molecule has 33 heavy (non-hydrogen) atoms. The first-order valence-corrected chi connectivity index (χ1v) is 10.3. The lowest BCUT2D eigenvalue weighted by Crippen LogP contribution is -2.29. The van der Waals surface area contributed by atoms with Gasteiger partial charge in [0.15, 0.2) is 11.6 Å². The maximum absolute atomic E-state index is 14.0. The molecule has 1 aliphatic heterocycles. The van der Waals surface area contributed by atoms with E-state index in [0.29, 0.717) is 16.5 Å². The van der Waals surface area contributed by atoms with Gasteiger partial charge in [0, 0.05) is 17.3 Å². The number of anilines is 1. The Morgan fingerprint density at radius 1 is 0.788 bits per heavy atom. The van der Waals surface area contributed by atoms with Crippen molar-refractivity contribution in [3.8, 4) is 0 Å². The van der Waals surface area contributed by atoms with Gasteiger partial charge >= 0.3 is 0 Å². The number of hydrogen-bond acceptors (Lipinski definition) is 3. The van der Waals surface area contributed by atoms with Crippen molar-refractivity contribution in [1.82, 2.24) is 0 Å². The Morgan fingerprint density at radius 3 is 2.24 bits per heavy atom. The van der Waals surface area contributed by atoms with Gasteiger partial charge in [-0.1, -0.05) is 72.8 Å². The molecule has 1 unspecified atom stereocenters. The molecule has 0 bridgehead atoms. The molecular formula is C27H17F2NO3. The second-order valence-corrected chi connectivity index (χ2v) is 7.70. The van der Waals surface area contributed by atoms with Crippen LogP contribution in [-0.4, -0.2) is 16.8 Å². The predicted molar refractivity (Wildman–Crippen MR) is 122 cm³/mol. The number of benzene rings is 4. The molecular weight excluding hydrogens is 424 g/mol. The summed E-state index contributed by atoms with van der Waals surface area (Å²) in [6, 6.07) is 23.3. The van der Waals surface area contributed by atoms with Gasteiger partial charge in [0.2, 0.25) is 0 Å². The van der Waals surface area contributed by atoms with Gasteiger partial charge in [-0.05, 0) is 28.5 Å². The van der Waals surface area contributed by atoms with Crippen LogP contribution in [0.15, 0.2) is 96.6 Å². The zero-order chi connectivity index (χ0) is 23.1. The molecule has 0 radical (unpaired) electrons. The molecule has 4 aromatic carbocycles. The van der Waals surface area contributed by atoms with E-state index in [1.165, 1.54) is 6.07 Å². The van der Waals surface area contributed by atoms with Crippen LogP contribution in [0.4, 0.5) is 14.5 Å². The molecule has 5 rings (SSSR count). The van der Waals surface area contributed by atoms with E-state index in [9.17, 15) is 23.5 Å². The summed E-state index contributed by atoms with van der Waals surface area (Å²) in [7, 11) is 0. The summed E-state index contributed by atoms with van der Waals surface area (Å²) < 4.78 is 27.6. The van der Waals surface area contributed by atoms with E-state index < -0.39 is 29.4 Å². The lowest BCUT2D eigenvalue weighted by molar-refractivity contribution is -0.132. The van der Waals surface area contributed by atoms with Crippen molar-refractivity contribution in [1.29, 1.82) is 0 Å². The molecule has 4 aromatic rings. The van der Waals surface area contributed by atoms with Crippen LogP contribution in [0.5, 0.6) is 0 Å². The number of hydrogen-bond donors (Lipinski definition) is 1. The van der Waals surface area contributed by atoms with E-state index in [2.05, 4.69) is 0 Å². The summed E-state index contributed by atoms with van der Waals surface area (Å²) in [4.78, 5) is 27.4. The number of Topliss-reactive ketones (excluding diaryl/α,β-unsaturated/α-hetero) is 1. The Kier molecular flexibility index (Phi) is 4.98. The van der Waals surface area contributed by atoms with Gasteiger partial charge in [-0.15, -0.1) is 0 Å². The summed E-state index contributed by atoms with van der Waals surface area (Å²) in [5.74, 6) is -4.38. The molecule has 1 heterocycles. The topological polar surface area (TPSA) is 57.6 Å². The third-order valence-corrected chi connectivity index (χ3v) is 5.79. The minimum absolute atomic E-state index is 0.0156. The Balaban J connectivity index is 1.77. The van der Waals surface area contributed by atoms with Gasteiger partial charge in [0.1, 0.15) is 5.76 Å². The monoisotopic (exact) mass is 441 g/mol. The second kappa shape index (κ2) is 7.98. The maximum Gasteiger partial charge on any atom is 0.300 e. The lowest BCUT2D eigenvalue weighted by Gasteiger charge is -2.25. The Bertz CT molecular complexity index is 1440. The molecule has 4 nitrogen and oxygen atoms in total. The zero-order valence-electron chi connectivity index (χ0n) is 17.2. The SMILES string of the molecule is O=C1C(=O)N(c2ccc(F)c(F)c2)C(c2ccccc2)/C1=C(/O)c1cccc2ccccc12. The predicted octanol–water partition coefficient (Wildman–Crippen LogP) is 5.74. The molecule has 1 saturated heterocycles. The summed E-state index contributed by atoms with van der Waals surface area (Å²) in [5.41, 5.74) is 0.842. The minimum atomic E-state index is -1.14. The molecule has 0 spiro atoms. The number of nitrogens with zero attached hydrogens (tertiary/aromatic N) is 1. The van der Waals surface area contributed by atoms with Crippen LogP contribution in [0.3, 0.4) is 0 Å². The van der Waals surface area contributed by atoms with Crippen LogP contribution in [0, 0.1) is 11.6 Å². The first-order chi connectivity index (χ1) is 16.0. The normalized spacial score (nSPS) is 17.6. The fraction of sp³-hybridized carbons (Fsp3) is 0.0370. The highest BCUT2D eigenvalue weighted by molar-refractivity contribution is 6.51. The Hall–Kier alpha value is -4.32. The number of amides is 1. The van der Waals surface area contributed by atoms with Crippen LogP contribution in [0.25, 0.3) is 16.5 Å². The Morgan fingerprint density at radius 2 is 1.48 bits per heavy atom. The molecule has 0 aromatic heterocycles. The van der Waals surface area contributed by atoms with Crippen molar-refractivity contribution in [2.75, 3.05) is 4.90 Å². The number of aliphatic hydroxyl groups excluding tert-OH is 1. The Labute approximate surface area is 188 Å². The van der Waals surface area contributed by atoms with Gasteiger partial charge in [-0.2, -0.15) is 0 Å². The fourth-order valence-corrected chi connectivity index (χ4v) is 4.26. The molecule has 0 saturated carbocycles. The van der Waals surface area contributed by atoms with Crippen molar-refractivity contribution < 1.29 is 23.5 Å². The van der Waals surface area contributed by atoms with Crippen molar-refractivity contribution in [2.24, 2.45) is 0 Å². The molecule has 1 aliphatic rings. The molecule has 0 aliphatic carbocycles. The minimum Gasteiger partial charge on any atom is -0.507 e. The highest BCUT2D eigenvalue weighted by Crippen LogP contribution is 2.43. The van der Waals surface area contributed by atoms with Crippen LogP contribution >= 0.6 is 0 Å². The highest BCUT2D eigenvalue weighted by Gasteiger charge is 2.47. The third-order valence-electron chi connectivity index (χ3n) is 5.79. The number of carbonyl (C=O) groups is 2. The first kappa shape index (κ1) is 20.6. The van der Waals surface area contributed by atoms with Crippen molar-refractivity contribution in [2.45, 2.75) is 6.04 Å². The van der Waals surface area contributed by atoms with Gasteiger partial charge in [-0.3, -0.25) is 14.5 Å². The van der Waals surface area contributed by atoms with Crippen molar-refractivity contribution in [3.63, 3.8) is 0 Å². The quantitative estimate of drug-likeness (QED) is 0.250. The standard InChI is InChI=1S/C27H17F2NO3/c28-21-14-13-18(15-22(21)29)30-24(17-8-2-1-3-9-17)23(26(32)27(30)33)25(31)20-12-6-10-16-7-4-5-11-19(16)20/h1-15,24,31H/b25-23-. The average molecular weight is 441 g/mol. The summed E-state index contributed by atoms with van der Waals surface area (Å²) in [5, 5.41) is 12.9. The lowest BCUT2D eigenvalue weighted by atomic mass is 9.93. The third kappa shape index (κ3) is 3.36. The van der Waals surface area contributed by atoms with Gasteiger partial charge in [0.25, 0.3) is 11.7 Å². The number of halogens is 2. The summed E-state index contributed by atoms with van der Waals surface area (Å²) in [6.07, 6.45) is 0. The highest BCUT2D eigenvalue weighted by atomic mass is 19.2. The van der Waals surface area contributed by atoms with Crippen molar-refractivity contribution >= 4 is 33.9 Å². The average Bonchev–Trinajstić information content (AvgIpc) is 3.11. The summed E-state index contributed by atoms with van der Waals surface area (Å²) in [6.45, 7) is 0. The van der Waals surface area contributed by atoms with Crippen LogP contribution in [0.1, 0.15) is 17.2 Å². The van der Waals surface area contributed by atoms with E-state index >= 15 is 0 Å². The van der Waals surface area contributed by atoms with E-state index in [-0.39, 0.29) is 17.0 Å². The van der Waals surface area contributed by atoms with Gasteiger partial charge in [-0.25, -0.2) is 8.78 Å². The van der Waals surface area contributed by atoms with Crippen LogP contribution in [-0.2, 0) is 9.59 Å². The molecule has 1 atom stereocenters. The zero-order valence-corrected chi connectivity index (χ0v) is 17.2. The number of aliphatic hydroxyl groups is 1. The van der Waals surface area contributed by atoms with E-state index in [1.54, 1.807) is 42.5 Å². The molecule has 6 heteroatoms. The first-order valence-electron chi connectivity index (χ1n) is 10.3.